The summed E-state index contributed by atoms with van der Waals surface area (Å²) in [4.78, 5) is 12.5. The summed E-state index contributed by atoms with van der Waals surface area (Å²) in [6, 6.07) is 10.2. The third-order valence-electron chi connectivity index (χ3n) is 3.95. The highest BCUT2D eigenvalue weighted by molar-refractivity contribution is 7.91. The molecule has 136 valence electrons. The summed E-state index contributed by atoms with van der Waals surface area (Å²) in [5.74, 6) is -0.285. The summed E-state index contributed by atoms with van der Waals surface area (Å²) in [7, 11) is -3.47. The van der Waals surface area contributed by atoms with Crippen LogP contribution in [0, 0.1) is 0 Å². The minimum atomic E-state index is -3.47. The number of nitrogens with zero attached hydrogens (tertiary/aromatic N) is 2. The van der Waals surface area contributed by atoms with Crippen molar-refractivity contribution in [2.24, 2.45) is 0 Å². The standard InChI is InChI=1S/C18H18ClN3O3S/c1-3-22-11-14-16(21-22)9-13(10-17(14)26(2,24)25)20-18(23)8-12-6-4-5-7-15(12)19/h4-7,9-11H,3,8H2,1-2H3,(H,20,23). The fraction of sp³-hybridized carbons (Fsp3) is 0.222. The van der Waals surface area contributed by atoms with Crippen LogP contribution in [0.2, 0.25) is 5.02 Å². The van der Waals surface area contributed by atoms with E-state index in [0.717, 1.165) is 6.26 Å². The summed E-state index contributed by atoms with van der Waals surface area (Å²) in [5, 5.41) is 8.14. The molecule has 0 radical (unpaired) electrons. The number of benzene rings is 2. The highest BCUT2D eigenvalue weighted by atomic mass is 35.5. The van der Waals surface area contributed by atoms with Crippen LogP contribution in [-0.4, -0.2) is 30.4 Å². The highest BCUT2D eigenvalue weighted by Crippen LogP contribution is 2.27. The van der Waals surface area contributed by atoms with Crippen molar-refractivity contribution in [1.29, 1.82) is 0 Å². The van der Waals surface area contributed by atoms with Gasteiger partial charge in [0.1, 0.15) is 0 Å². The van der Waals surface area contributed by atoms with Crippen molar-refractivity contribution >= 4 is 43.9 Å². The van der Waals surface area contributed by atoms with Crippen molar-refractivity contribution in [3.05, 3.63) is 53.2 Å². The van der Waals surface area contributed by atoms with E-state index in [2.05, 4.69) is 10.4 Å². The molecule has 26 heavy (non-hydrogen) atoms. The van der Waals surface area contributed by atoms with Gasteiger partial charge in [-0.2, -0.15) is 5.10 Å². The van der Waals surface area contributed by atoms with Crippen LogP contribution < -0.4 is 5.32 Å². The Labute approximate surface area is 156 Å². The van der Waals surface area contributed by atoms with Gasteiger partial charge in [0.15, 0.2) is 9.84 Å². The van der Waals surface area contributed by atoms with E-state index in [0.29, 0.717) is 33.7 Å². The number of rotatable bonds is 5. The average molecular weight is 392 g/mol. The zero-order valence-electron chi connectivity index (χ0n) is 14.4. The molecule has 0 aliphatic rings. The van der Waals surface area contributed by atoms with Gasteiger partial charge in [0.05, 0.1) is 16.8 Å². The average Bonchev–Trinajstić information content (AvgIpc) is 2.98. The van der Waals surface area contributed by atoms with E-state index in [4.69, 9.17) is 11.6 Å². The molecule has 0 aliphatic carbocycles. The first-order valence-electron chi connectivity index (χ1n) is 8.02. The first kappa shape index (κ1) is 18.4. The van der Waals surface area contributed by atoms with E-state index >= 15 is 0 Å². The lowest BCUT2D eigenvalue weighted by Gasteiger charge is -2.09. The minimum absolute atomic E-state index is 0.0926. The van der Waals surface area contributed by atoms with Gasteiger partial charge in [0, 0.05) is 35.1 Å². The number of aryl methyl sites for hydroxylation is 1. The van der Waals surface area contributed by atoms with Crippen LogP contribution in [0.25, 0.3) is 10.9 Å². The molecule has 1 heterocycles. The van der Waals surface area contributed by atoms with Crippen molar-refractivity contribution in [3.63, 3.8) is 0 Å². The van der Waals surface area contributed by atoms with Crippen molar-refractivity contribution in [3.8, 4) is 0 Å². The van der Waals surface area contributed by atoms with Crippen molar-refractivity contribution < 1.29 is 13.2 Å². The number of aromatic nitrogens is 2. The summed E-state index contributed by atoms with van der Waals surface area (Å²) in [5.41, 5.74) is 1.60. The molecule has 1 amide bonds. The van der Waals surface area contributed by atoms with E-state index in [9.17, 15) is 13.2 Å². The second-order valence-electron chi connectivity index (χ2n) is 5.98. The van der Waals surface area contributed by atoms with Gasteiger partial charge in [-0.15, -0.1) is 0 Å². The number of fused-ring (bicyclic) bond motifs is 1. The summed E-state index contributed by atoms with van der Waals surface area (Å²) >= 11 is 6.08. The Morgan fingerprint density at radius 1 is 1.27 bits per heavy atom. The Bertz CT molecular complexity index is 1090. The zero-order valence-corrected chi connectivity index (χ0v) is 15.9. The number of hydrogen-bond acceptors (Lipinski definition) is 4. The van der Waals surface area contributed by atoms with Gasteiger partial charge in [-0.25, -0.2) is 8.42 Å². The minimum Gasteiger partial charge on any atom is -0.326 e. The Kier molecular flexibility index (Phi) is 5.02. The Morgan fingerprint density at radius 2 is 2.00 bits per heavy atom. The fourth-order valence-corrected chi connectivity index (χ4v) is 3.80. The Hall–Kier alpha value is -2.38. The van der Waals surface area contributed by atoms with Crippen molar-refractivity contribution in [2.45, 2.75) is 24.8 Å². The highest BCUT2D eigenvalue weighted by Gasteiger charge is 2.17. The normalized spacial score (nSPS) is 11.7. The van der Waals surface area contributed by atoms with E-state index in [1.807, 2.05) is 6.92 Å². The second kappa shape index (κ2) is 7.09. The molecule has 1 aromatic heterocycles. The number of carbonyl (C=O) groups is 1. The summed E-state index contributed by atoms with van der Waals surface area (Å²) < 4.78 is 26.0. The first-order valence-corrected chi connectivity index (χ1v) is 10.3. The topological polar surface area (TPSA) is 81.1 Å². The van der Waals surface area contributed by atoms with Crippen LogP contribution in [0.3, 0.4) is 0 Å². The third kappa shape index (κ3) is 3.89. The van der Waals surface area contributed by atoms with Crippen LogP contribution in [0.1, 0.15) is 12.5 Å². The molecule has 0 bridgehead atoms. The molecule has 0 spiro atoms. The number of nitrogens with one attached hydrogen (secondary N) is 1. The van der Waals surface area contributed by atoms with Gasteiger partial charge in [-0.05, 0) is 30.7 Å². The van der Waals surface area contributed by atoms with Crippen LogP contribution in [-0.2, 0) is 27.6 Å². The van der Waals surface area contributed by atoms with Gasteiger partial charge in [-0.1, -0.05) is 29.8 Å². The van der Waals surface area contributed by atoms with Crippen molar-refractivity contribution in [1.82, 2.24) is 9.78 Å². The second-order valence-corrected chi connectivity index (χ2v) is 8.37. The lowest BCUT2D eigenvalue weighted by Crippen LogP contribution is -2.15. The lowest BCUT2D eigenvalue weighted by molar-refractivity contribution is -0.115. The number of halogens is 1. The lowest BCUT2D eigenvalue weighted by atomic mass is 10.1. The van der Waals surface area contributed by atoms with Gasteiger partial charge >= 0.3 is 0 Å². The van der Waals surface area contributed by atoms with E-state index in [1.165, 1.54) is 6.07 Å². The van der Waals surface area contributed by atoms with Gasteiger partial charge < -0.3 is 5.32 Å². The van der Waals surface area contributed by atoms with Crippen LogP contribution in [0.4, 0.5) is 5.69 Å². The Morgan fingerprint density at radius 3 is 2.65 bits per heavy atom. The molecule has 3 aromatic rings. The number of amides is 1. The SMILES string of the molecule is CCn1cc2c(S(C)(=O)=O)cc(NC(=O)Cc3ccccc3Cl)cc2n1. The maximum absolute atomic E-state index is 12.3. The zero-order chi connectivity index (χ0) is 18.9. The predicted molar refractivity (Wildman–Crippen MR) is 102 cm³/mol. The molecule has 0 saturated heterocycles. The molecule has 0 atom stereocenters. The van der Waals surface area contributed by atoms with Gasteiger partial charge in [0.2, 0.25) is 5.91 Å². The van der Waals surface area contributed by atoms with Crippen molar-refractivity contribution in [2.75, 3.05) is 11.6 Å². The first-order chi connectivity index (χ1) is 12.3. The monoisotopic (exact) mass is 391 g/mol. The van der Waals surface area contributed by atoms with Crippen LogP contribution >= 0.6 is 11.6 Å². The molecular weight excluding hydrogens is 374 g/mol. The Balaban J connectivity index is 1.95. The smallest absolute Gasteiger partial charge is 0.228 e. The number of carbonyl (C=O) groups excluding carboxylic acids is 1. The summed E-state index contributed by atoms with van der Waals surface area (Å²) in [6.07, 6.45) is 2.93. The predicted octanol–water partition coefficient (Wildman–Crippen LogP) is 3.29. The molecular formula is C18H18ClN3O3S. The number of sulfone groups is 1. The molecule has 2 aromatic carbocycles. The fourth-order valence-electron chi connectivity index (χ4n) is 2.70. The number of anilines is 1. The molecule has 0 unspecified atom stereocenters. The van der Waals surface area contributed by atoms with Gasteiger partial charge in [0.25, 0.3) is 0 Å². The molecule has 0 saturated carbocycles. The molecule has 0 aliphatic heterocycles. The molecule has 0 fully saturated rings. The summed E-state index contributed by atoms with van der Waals surface area (Å²) in [6.45, 7) is 2.53. The van der Waals surface area contributed by atoms with Crippen LogP contribution in [0.5, 0.6) is 0 Å². The molecule has 3 rings (SSSR count). The molecule has 8 heteroatoms. The third-order valence-corrected chi connectivity index (χ3v) is 5.46. The molecule has 6 nitrogen and oxygen atoms in total. The maximum Gasteiger partial charge on any atom is 0.228 e. The maximum atomic E-state index is 12.3. The molecule has 1 N–H and O–H groups in total. The van der Waals surface area contributed by atoms with Gasteiger partial charge in [-0.3, -0.25) is 9.48 Å². The van der Waals surface area contributed by atoms with Crippen LogP contribution in [0.15, 0.2) is 47.5 Å². The van der Waals surface area contributed by atoms with E-state index in [-0.39, 0.29) is 17.2 Å². The largest absolute Gasteiger partial charge is 0.326 e. The quantitative estimate of drug-likeness (QED) is 0.723. The van der Waals surface area contributed by atoms with E-state index < -0.39 is 9.84 Å². The van der Waals surface area contributed by atoms with E-state index in [1.54, 1.807) is 41.2 Å². The number of hydrogen-bond donors (Lipinski definition) is 1.